The zero-order valence-electron chi connectivity index (χ0n) is 24.0. The van der Waals surface area contributed by atoms with E-state index in [1.807, 2.05) is 98.8 Å². The summed E-state index contributed by atoms with van der Waals surface area (Å²) in [6, 6.07) is 34.3. The monoisotopic (exact) mass is 696 g/mol. The minimum absolute atomic E-state index is 0.120. The van der Waals surface area contributed by atoms with E-state index in [0.29, 0.717) is 28.2 Å². The summed E-state index contributed by atoms with van der Waals surface area (Å²) in [4.78, 5) is 20.9. The highest BCUT2D eigenvalue weighted by atomic mass is 127. The number of carbonyl (C=O) groups excluding carboxylic acids is 1. The van der Waals surface area contributed by atoms with Gasteiger partial charge in [-0.15, -0.1) is 0 Å². The number of hydrogen-bond donors (Lipinski definition) is 0. The van der Waals surface area contributed by atoms with E-state index < -0.39 is 0 Å². The van der Waals surface area contributed by atoms with Crippen LogP contribution in [0, 0.1) is 17.4 Å². The molecule has 0 bridgehead atoms. The molecular weight excluding hydrogens is 667 g/mol. The summed E-state index contributed by atoms with van der Waals surface area (Å²) in [6.07, 6.45) is 1.89. The number of hydrogen-bond acceptors (Lipinski definition) is 5. The molecule has 5 nitrogen and oxygen atoms in total. The van der Waals surface area contributed by atoms with Gasteiger partial charge in [-0.2, -0.15) is 0 Å². The Balaban J connectivity index is 1.31. The topological polar surface area (TPSA) is 51.1 Å². The fraction of sp³-hybridized carbons (Fsp3) is 0.111. The number of aliphatic imine (C=N–C) groups is 1. The second-order valence-corrected chi connectivity index (χ2v) is 12.4. The molecule has 0 unspecified atom stereocenters. The van der Waals surface area contributed by atoms with E-state index in [1.165, 1.54) is 22.5 Å². The second kappa shape index (κ2) is 12.7. The molecule has 214 valence electrons. The van der Waals surface area contributed by atoms with Crippen molar-refractivity contribution in [2.24, 2.45) is 4.99 Å². The first-order valence-electron chi connectivity index (χ1n) is 13.8. The molecule has 6 rings (SSSR count). The van der Waals surface area contributed by atoms with E-state index in [1.54, 1.807) is 12.0 Å². The van der Waals surface area contributed by atoms with Crippen LogP contribution in [0.4, 0.5) is 11.4 Å². The third-order valence-electron chi connectivity index (χ3n) is 7.16. The van der Waals surface area contributed by atoms with Crippen molar-refractivity contribution in [2.45, 2.75) is 20.5 Å². The van der Waals surface area contributed by atoms with Crippen LogP contribution in [-0.2, 0) is 11.4 Å². The third-order valence-corrected chi connectivity index (χ3v) is 8.93. The number of methoxy groups -OCH3 is 1. The Kier molecular flexibility index (Phi) is 8.54. The molecule has 0 radical (unpaired) electrons. The lowest BCUT2D eigenvalue weighted by Crippen LogP contribution is -2.28. The van der Waals surface area contributed by atoms with Gasteiger partial charge in [0.15, 0.2) is 16.7 Å². The number of halogens is 1. The zero-order chi connectivity index (χ0) is 29.9. The van der Waals surface area contributed by atoms with Crippen LogP contribution in [0.1, 0.15) is 22.3 Å². The van der Waals surface area contributed by atoms with Gasteiger partial charge in [-0.05, 0) is 113 Å². The predicted molar refractivity (Wildman–Crippen MR) is 186 cm³/mol. The SMILES string of the molecule is COc1cc(/C=C2\SC(=Nc3ccc(C)cc3)N(c3ccc(C)cc3)C2=O)cc(I)c1OCc1cccc2ccccc12. The first-order chi connectivity index (χ1) is 20.9. The smallest absolute Gasteiger partial charge is 0.271 e. The molecule has 0 saturated carbocycles. The minimum atomic E-state index is -0.120. The zero-order valence-corrected chi connectivity index (χ0v) is 27.0. The normalized spacial score (nSPS) is 15.1. The molecule has 1 amide bonds. The molecule has 0 atom stereocenters. The molecule has 1 heterocycles. The number of fused-ring (bicyclic) bond motifs is 1. The molecule has 7 heteroatoms. The number of thioether (sulfide) groups is 1. The van der Waals surface area contributed by atoms with Crippen molar-refractivity contribution in [2.75, 3.05) is 12.0 Å². The Labute approximate surface area is 269 Å². The van der Waals surface area contributed by atoms with E-state index in [4.69, 9.17) is 14.5 Å². The number of amides is 1. The van der Waals surface area contributed by atoms with E-state index in [9.17, 15) is 4.79 Å². The first-order valence-corrected chi connectivity index (χ1v) is 15.7. The predicted octanol–water partition coefficient (Wildman–Crippen LogP) is 9.46. The maximum atomic E-state index is 13.8. The molecule has 0 aromatic heterocycles. The van der Waals surface area contributed by atoms with Gasteiger partial charge in [-0.3, -0.25) is 9.69 Å². The molecule has 1 saturated heterocycles. The Morgan fingerprint density at radius 2 is 1.58 bits per heavy atom. The van der Waals surface area contributed by atoms with Crippen LogP contribution >= 0.6 is 34.4 Å². The lowest BCUT2D eigenvalue weighted by atomic mass is 10.1. The van der Waals surface area contributed by atoms with Crippen molar-refractivity contribution in [3.05, 3.63) is 134 Å². The summed E-state index contributed by atoms with van der Waals surface area (Å²) in [5.41, 5.74) is 5.80. The summed E-state index contributed by atoms with van der Waals surface area (Å²) in [5, 5.41) is 2.95. The summed E-state index contributed by atoms with van der Waals surface area (Å²) in [6.45, 7) is 4.48. The van der Waals surface area contributed by atoms with Gasteiger partial charge in [0.2, 0.25) is 0 Å². The lowest BCUT2D eigenvalue weighted by molar-refractivity contribution is -0.113. The third kappa shape index (κ3) is 6.33. The average molecular weight is 697 g/mol. The number of nitrogens with zero attached hydrogens (tertiary/aromatic N) is 2. The summed E-state index contributed by atoms with van der Waals surface area (Å²) >= 11 is 3.63. The van der Waals surface area contributed by atoms with Gasteiger partial charge < -0.3 is 9.47 Å². The van der Waals surface area contributed by atoms with Crippen LogP contribution < -0.4 is 14.4 Å². The van der Waals surface area contributed by atoms with E-state index in [0.717, 1.165) is 37.2 Å². The molecule has 0 aliphatic carbocycles. The molecule has 0 N–H and O–H groups in total. The maximum Gasteiger partial charge on any atom is 0.271 e. The fourth-order valence-corrected chi connectivity index (χ4v) is 6.66. The van der Waals surface area contributed by atoms with Gasteiger partial charge in [0.25, 0.3) is 5.91 Å². The van der Waals surface area contributed by atoms with Crippen molar-refractivity contribution in [1.29, 1.82) is 0 Å². The molecule has 1 fully saturated rings. The molecular formula is C36H29IN2O3S. The van der Waals surface area contributed by atoms with Crippen molar-refractivity contribution >= 4 is 73.7 Å². The number of ether oxygens (including phenoxy) is 2. The highest BCUT2D eigenvalue weighted by Gasteiger charge is 2.35. The lowest BCUT2D eigenvalue weighted by Gasteiger charge is -2.16. The fourth-order valence-electron chi connectivity index (χ4n) is 4.88. The van der Waals surface area contributed by atoms with Crippen LogP contribution in [0.2, 0.25) is 0 Å². The second-order valence-electron chi connectivity index (χ2n) is 10.3. The van der Waals surface area contributed by atoms with Crippen molar-refractivity contribution in [3.63, 3.8) is 0 Å². The standard InChI is InChI=1S/C36H29IN2O3S/c1-23-11-15-28(16-12-23)38-36-39(29-17-13-24(2)14-18-29)35(40)33(43-36)21-25-19-31(37)34(32(20-25)41-3)42-22-27-9-6-8-26-7-4-5-10-30(26)27/h4-21H,22H2,1-3H3/b33-21-,38-36?. The number of amidine groups is 1. The Morgan fingerprint density at radius 1 is 0.884 bits per heavy atom. The van der Waals surface area contributed by atoms with Crippen LogP contribution in [0.3, 0.4) is 0 Å². The number of carbonyl (C=O) groups is 1. The largest absolute Gasteiger partial charge is 0.493 e. The average Bonchev–Trinajstić information content (AvgIpc) is 3.31. The molecule has 5 aromatic rings. The molecule has 1 aliphatic heterocycles. The van der Waals surface area contributed by atoms with Crippen molar-refractivity contribution < 1.29 is 14.3 Å². The summed E-state index contributed by atoms with van der Waals surface area (Å²) < 4.78 is 13.0. The van der Waals surface area contributed by atoms with Gasteiger partial charge >= 0.3 is 0 Å². The number of aryl methyl sites for hydroxylation is 2. The van der Waals surface area contributed by atoms with Gasteiger partial charge in [-0.1, -0.05) is 77.9 Å². The number of rotatable bonds is 7. The minimum Gasteiger partial charge on any atom is -0.493 e. The Hall–Kier alpha value is -4.08. The van der Waals surface area contributed by atoms with Crippen molar-refractivity contribution in [3.8, 4) is 11.5 Å². The first kappa shape index (κ1) is 29.0. The highest BCUT2D eigenvalue weighted by molar-refractivity contribution is 14.1. The van der Waals surface area contributed by atoms with Gasteiger partial charge in [0, 0.05) is 0 Å². The van der Waals surface area contributed by atoms with Gasteiger partial charge in [0.05, 0.1) is 27.0 Å². The number of benzene rings is 5. The quantitative estimate of drug-likeness (QED) is 0.126. The molecule has 5 aromatic carbocycles. The molecule has 0 spiro atoms. The van der Waals surface area contributed by atoms with Crippen LogP contribution in [0.25, 0.3) is 16.8 Å². The van der Waals surface area contributed by atoms with Crippen molar-refractivity contribution in [1.82, 2.24) is 0 Å². The van der Waals surface area contributed by atoms with E-state index >= 15 is 0 Å². The summed E-state index contributed by atoms with van der Waals surface area (Å²) in [5.74, 6) is 1.16. The van der Waals surface area contributed by atoms with Crippen LogP contribution in [0.5, 0.6) is 11.5 Å². The molecule has 1 aliphatic rings. The van der Waals surface area contributed by atoms with E-state index in [-0.39, 0.29) is 5.91 Å². The number of anilines is 1. The highest BCUT2D eigenvalue weighted by Crippen LogP contribution is 2.40. The van der Waals surface area contributed by atoms with Gasteiger partial charge in [0.1, 0.15) is 6.61 Å². The summed E-state index contributed by atoms with van der Waals surface area (Å²) in [7, 11) is 1.63. The Bertz CT molecular complexity index is 1880. The molecule has 43 heavy (non-hydrogen) atoms. The van der Waals surface area contributed by atoms with Crippen LogP contribution in [-0.4, -0.2) is 18.2 Å². The Morgan fingerprint density at radius 3 is 2.33 bits per heavy atom. The van der Waals surface area contributed by atoms with Gasteiger partial charge in [-0.25, -0.2) is 4.99 Å². The van der Waals surface area contributed by atoms with E-state index in [2.05, 4.69) is 46.9 Å². The maximum absolute atomic E-state index is 13.8. The van der Waals surface area contributed by atoms with Crippen LogP contribution in [0.15, 0.2) is 113 Å².